The summed E-state index contributed by atoms with van der Waals surface area (Å²) < 4.78 is 9.76. The van der Waals surface area contributed by atoms with Crippen molar-refractivity contribution in [2.75, 3.05) is 7.11 Å². The van der Waals surface area contributed by atoms with Crippen LogP contribution in [0.15, 0.2) is 30.3 Å². The number of para-hydroxylation sites is 1. The van der Waals surface area contributed by atoms with E-state index in [1.54, 1.807) is 12.1 Å². The van der Waals surface area contributed by atoms with E-state index in [0.717, 1.165) is 0 Å². The van der Waals surface area contributed by atoms with Gasteiger partial charge in [-0.05, 0) is 12.1 Å². The maximum atomic E-state index is 9.33. The van der Waals surface area contributed by atoms with Crippen molar-refractivity contribution in [3.63, 3.8) is 0 Å². The summed E-state index contributed by atoms with van der Waals surface area (Å²) in [6.07, 6.45) is 0. The van der Waals surface area contributed by atoms with Crippen LogP contribution < -0.4 is 4.74 Å². The van der Waals surface area contributed by atoms with E-state index >= 15 is 0 Å². The Kier molecular flexibility index (Phi) is 2.68. The van der Waals surface area contributed by atoms with Crippen LogP contribution in [-0.2, 0) is 4.74 Å². The second kappa shape index (κ2) is 3.56. The molecular weight excluding hydrogens is 156 g/mol. The molecule has 0 amide bonds. The van der Waals surface area contributed by atoms with E-state index in [2.05, 4.69) is 4.74 Å². The predicted molar refractivity (Wildman–Crippen MR) is 44.7 cm³/mol. The smallest absolute Gasteiger partial charge is 0.321 e. The lowest BCUT2D eigenvalue weighted by molar-refractivity contribution is -0.294. The van der Waals surface area contributed by atoms with Crippen molar-refractivity contribution in [2.45, 2.75) is 12.9 Å². The molecule has 1 aromatic carbocycles. The summed E-state index contributed by atoms with van der Waals surface area (Å²) in [6.45, 7) is 1.43. The normalized spacial score (nSPS) is 15.2. The van der Waals surface area contributed by atoms with Crippen LogP contribution in [0.4, 0.5) is 0 Å². The van der Waals surface area contributed by atoms with Crippen molar-refractivity contribution in [1.82, 2.24) is 0 Å². The van der Waals surface area contributed by atoms with Crippen molar-refractivity contribution < 1.29 is 14.6 Å². The minimum atomic E-state index is -1.55. The van der Waals surface area contributed by atoms with Crippen molar-refractivity contribution in [2.24, 2.45) is 0 Å². The lowest BCUT2D eigenvalue weighted by Gasteiger charge is -2.21. The monoisotopic (exact) mass is 168 g/mol. The highest BCUT2D eigenvalue weighted by atomic mass is 16.8. The first-order chi connectivity index (χ1) is 5.64. The molecule has 0 aliphatic rings. The molecule has 12 heavy (non-hydrogen) atoms. The molecule has 1 unspecified atom stereocenters. The van der Waals surface area contributed by atoms with Gasteiger partial charge >= 0.3 is 5.97 Å². The lowest BCUT2D eigenvalue weighted by atomic mass is 10.3. The summed E-state index contributed by atoms with van der Waals surface area (Å²) in [5.74, 6) is -0.981. The fourth-order valence-corrected chi connectivity index (χ4v) is 0.749. The number of ether oxygens (including phenoxy) is 2. The van der Waals surface area contributed by atoms with Gasteiger partial charge in [0.15, 0.2) is 0 Å². The van der Waals surface area contributed by atoms with Crippen molar-refractivity contribution in [3.05, 3.63) is 30.3 Å². The number of aliphatic hydroxyl groups is 1. The maximum Gasteiger partial charge on any atom is 0.321 e. The molecule has 0 radical (unpaired) electrons. The van der Waals surface area contributed by atoms with Gasteiger partial charge in [-0.15, -0.1) is 0 Å². The Bertz CT molecular complexity index is 231. The lowest BCUT2D eigenvalue weighted by Crippen LogP contribution is -2.33. The van der Waals surface area contributed by atoms with E-state index in [4.69, 9.17) is 4.74 Å². The van der Waals surface area contributed by atoms with Gasteiger partial charge in [0.1, 0.15) is 5.75 Å². The van der Waals surface area contributed by atoms with E-state index in [1.165, 1.54) is 14.0 Å². The Morgan fingerprint density at radius 3 is 2.33 bits per heavy atom. The third kappa shape index (κ3) is 2.53. The quantitative estimate of drug-likeness (QED) is 0.693. The summed E-state index contributed by atoms with van der Waals surface area (Å²) in [6, 6.07) is 9.00. The van der Waals surface area contributed by atoms with Gasteiger partial charge in [0.05, 0.1) is 0 Å². The van der Waals surface area contributed by atoms with E-state index in [9.17, 15) is 5.11 Å². The number of hydrogen-bond acceptors (Lipinski definition) is 3. The van der Waals surface area contributed by atoms with Crippen LogP contribution in [0.2, 0.25) is 0 Å². The zero-order chi connectivity index (χ0) is 9.03. The number of benzene rings is 1. The molecule has 3 heteroatoms. The van der Waals surface area contributed by atoms with Crippen LogP contribution in [-0.4, -0.2) is 18.2 Å². The molecular formula is C9H12O3. The summed E-state index contributed by atoms with van der Waals surface area (Å²) in [4.78, 5) is 0. The minimum absolute atomic E-state index is 0.573. The third-order valence-electron chi connectivity index (χ3n) is 1.43. The number of methoxy groups -OCH3 is 1. The van der Waals surface area contributed by atoms with Crippen LogP contribution in [0.5, 0.6) is 5.75 Å². The molecule has 1 N–H and O–H groups in total. The summed E-state index contributed by atoms with van der Waals surface area (Å²) in [7, 11) is 1.38. The molecule has 0 saturated heterocycles. The second-order valence-electron chi connectivity index (χ2n) is 2.52. The van der Waals surface area contributed by atoms with Gasteiger partial charge in [-0.25, -0.2) is 0 Å². The van der Waals surface area contributed by atoms with Crippen LogP contribution in [0.3, 0.4) is 0 Å². The fourth-order valence-electron chi connectivity index (χ4n) is 0.749. The van der Waals surface area contributed by atoms with E-state index in [-0.39, 0.29) is 0 Å². The fraction of sp³-hybridized carbons (Fsp3) is 0.333. The van der Waals surface area contributed by atoms with Crippen molar-refractivity contribution in [1.29, 1.82) is 0 Å². The van der Waals surface area contributed by atoms with Crippen LogP contribution >= 0.6 is 0 Å². The van der Waals surface area contributed by atoms with Crippen molar-refractivity contribution >= 4 is 0 Å². The summed E-state index contributed by atoms with van der Waals surface area (Å²) in [5, 5.41) is 9.33. The zero-order valence-corrected chi connectivity index (χ0v) is 7.15. The molecule has 0 heterocycles. The molecule has 0 aromatic heterocycles. The molecule has 0 fully saturated rings. The Morgan fingerprint density at radius 1 is 1.25 bits per heavy atom. The molecule has 66 valence electrons. The third-order valence-corrected chi connectivity index (χ3v) is 1.43. The zero-order valence-electron chi connectivity index (χ0n) is 7.15. The first-order valence-electron chi connectivity index (χ1n) is 3.65. The second-order valence-corrected chi connectivity index (χ2v) is 2.52. The topological polar surface area (TPSA) is 38.7 Å². The Morgan fingerprint density at radius 2 is 1.83 bits per heavy atom. The van der Waals surface area contributed by atoms with Gasteiger partial charge < -0.3 is 14.6 Å². The van der Waals surface area contributed by atoms with Gasteiger partial charge in [-0.1, -0.05) is 18.2 Å². The standard InChI is InChI=1S/C9H12O3/c1-9(10,11-2)12-8-6-4-3-5-7-8/h3-7,10H,1-2H3. The average molecular weight is 168 g/mol. The van der Waals surface area contributed by atoms with E-state index in [0.29, 0.717) is 5.75 Å². The van der Waals surface area contributed by atoms with Gasteiger partial charge in [-0.2, -0.15) is 0 Å². The van der Waals surface area contributed by atoms with Gasteiger partial charge in [0.2, 0.25) is 0 Å². The Labute approximate surface area is 71.5 Å². The molecule has 3 nitrogen and oxygen atoms in total. The highest BCUT2D eigenvalue weighted by Gasteiger charge is 2.20. The largest absolute Gasteiger partial charge is 0.439 e. The van der Waals surface area contributed by atoms with Gasteiger partial charge in [0.25, 0.3) is 0 Å². The maximum absolute atomic E-state index is 9.33. The highest BCUT2D eigenvalue weighted by Crippen LogP contribution is 2.15. The highest BCUT2D eigenvalue weighted by molar-refractivity contribution is 5.21. The van der Waals surface area contributed by atoms with Gasteiger partial charge in [-0.3, -0.25) is 0 Å². The summed E-state index contributed by atoms with van der Waals surface area (Å²) >= 11 is 0. The average Bonchev–Trinajstić information content (AvgIpc) is 2.06. The number of rotatable bonds is 3. The van der Waals surface area contributed by atoms with Crippen LogP contribution in [0.25, 0.3) is 0 Å². The first kappa shape index (κ1) is 9.03. The molecule has 1 rings (SSSR count). The number of hydrogen-bond donors (Lipinski definition) is 1. The van der Waals surface area contributed by atoms with E-state index < -0.39 is 5.97 Å². The van der Waals surface area contributed by atoms with Gasteiger partial charge in [0, 0.05) is 14.0 Å². The Balaban J connectivity index is 2.64. The molecule has 1 aromatic rings. The molecule has 0 bridgehead atoms. The first-order valence-corrected chi connectivity index (χ1v) is 3.65. The molecule has 0 aliphatic heterocycles. The Hall–Kier alpha value is -1.06. The molecule has 0 aliphatic carbocycles. The molecule has 1 atom stereocenters. The molecule has 0 spiro atoms. The molecule has 0 saturated carbocycles. The van der Waals surface area contributed by atoms with E-state index in [1.807, 2.05) is 18.2 Å². The van der Waals surface area contributed by atoms with Crippen LogP contribution in [0.1, 0.15) is 6.92 Å². The van der Waals surface area contributed by atoms with Crippen molar-refractivity contribution in [3.8, 4) is 5.75 Å². The minimum Gasteiger partial charge on any atom is -0.439 e. The predicted octanol–water partition coefficient (Wildman–Crippen LogP) is 1.38. The SMILES string of the molecule is COC(C)(O)Oc1ccccc1. The summed E-state index contributed by atoms with van der Waals surface area (Å²) in [5.41, 5.74) is 0. The van der Waals surface area contributed by atoms with Crippen LogP contribution in [0, 0.1) is 0 Å².